The molecule has 1 atom stereocenters. The molecule has 1 amide bonds. The molecule has 2 heterocycles. The first-order chi connectivity index (χ1) is 10.1. The standard InChI is InChI=1S/C17H22N2O2/c1-12-6-5-8-14-15(12)16(20)17(21)19(14)11-10-18-9-4-3-7-13(18)2/h5-6,8,13H,3-4,7,9-11H2,1-2H3. The number of fused-ring (bicyclic) bond motifs is 1. The van der Waals surface area contributed by atoms with Crippen LogP contribution in [0.1, 0.15) is 42.1 Å². The van der Waals surface area contributed by atoms with E-state index in [1.807, 2.05) is 25.1 Å². The minimum atomic E-state index is -0.371. The zero-order valence-corrected chi connectivity index (χ0v) is 12.8. The third-order valence-electron chi connectivity index (χ3n) is 4.76. The van der Waals surface area contributed by atoms with Crippen molar-refractivity contribution < 1.29 is 9.59 Å². The zero-order chi connectivity index (χ0) is 15.0. The maximum absolute atomic E-state index is 12.2. The van der Waals surface area contributed by atoms with Crippen LogP contribution in [0.4, 0.5) is 5.69 Å². The number of aryl methyl sites for hydroxylation is 1. The minimum Gasteiger partial charge on any atom is -0.303 e. The topological polar surface area (TPSA) is 40.6 Å². The van der Waals surface area contributed by atoms with E-state index >= 15 is 0 Å². The number of rotatable bonds is 3. The molecular weight excluding hydrogens is 264 g/mol. The summed E-state index contributed by atoms with van der Waals surface area (Å²) in [7, 11) is 0. The van der Waals surface area contributed by atoms with Gasteiger partial charge in [0.2, 0.25) is 0 Å². The predicted octanol–water partition coefficient (Wildman–Crippen LogP) is 2.40. The molecule has 0 N–H and O–H groups in total. The van der Waals surface area contributed by atoms with Gasteiger partial charge >= 0.3 is 0 Å². The molecule has 1 saturated heterocycles. The van der Waals surface area contributed by atoms with Gasteiger partial charge in [-0.1, -0.05) is 18.6 Å². The summed E-state index contributed by atoms with van der Waals surface area (Å²) in [6, 6.07) is 6.26. The fourth-order valence-corrected chi connectivity index (χ4v) is 3.45. The molecule has 4 nitrogen and oxygen atoms in total. The molecule has 0 saturated carbocycles. The van der Waals surface area contributed by atoms with Crippen LogP contribution in [0.25, 0.3) is 0 Å². The van der Waals surface area contributed by atoms with Gasteiger partial charge in [0.15, 0.2) is 0 Å². The molecule has 4 heteroatoms. The first kappa shape index (κ1) is 14.3. The quantitative estimate of drug-likeness (QED) is 0.801. The van der Waals surface area contributed by atoms with E-state index < -0.39 is 0 Å². The molecule has 1 aromatic carbocycles. The molecule has 0 bridgehead atoms. The van der Waals surface area contributed by atoms with Gasteiger partial charge in [-0.2, -0.15) is 0 Å². The number of hydrogen-bond donors (Lipinski definition) is 0. The van der Waals surface area contributed by atoms with Crippen LogP contribution in [0.5, 0.6) is 0 Å². The van der Waals surface area contributed by atoms with Crippen LogP contribution in [0, 0.1) is 6.92 Å². The third-order valence-corrected chi connectivity index (χ3v) is 4.76. The molecule has 2 aliphatic rings. The number of benzene rings is 1. The minimum absolute atomic E-state index is 0.352. The van der Waals surface area contributed by atoms with Crippen molar-refractivity contribution in [2.75, 3.05) is 24.5 Å². The van der Waals surface area contributed by atoms with Crippen molar-refractivity contribution in [1.29, 1.82) is 0 Å². The van der Waals surface area contributed by atoms with Gasteiger partial charge in [0.1, 0.15) is 0 Å². The first-order valence-corrected chi connectivity index (χ1v) is 7.79. The van der Waals surface area contributed by atoms with E-state index in [2.05, 4.69) is 11.8 Å². The Hall–Kier alpha value is -1.68. The van der Waals surface area contributed by atoms with Crippen molar-refractivity contribution >= 4 is 17.4 Å². The average Bonchev–Trinajstić information content (AvgIpc) is 2.72. The Morgan fingerprint density at radius 3 is 2.76 bits per heavy atom. The number of carbonyl (C=O) groups is 2. The van der Waals surface area contributed by atoms with Crippen molar-refractivity contribution in [1.82, 2.24) is 4.90 Å². The number of carbonyl (C=O) groups excluding carboxylic acids is 2. The van der Waals surface area contributed by atoms with Gasteiger partial charge in [-0.05, 0) is 44.9 Å². The van der Waals surface area contributed by atoms with E-state index in [1.165, 1.54) is 19.3 Å². The summed E-state index contributed by atoms with van der Waals surface area (Å²) in [6.07, 6.45) is 3.75. The van der Waals surface area contributed by atoms with Crippen LogP contribution < -0.4 is 4.90 Å². The van der Waals surface area contributed by atoms with E-state index in [4.69, 9.17) is 0 Å². The van der Waals surface area contributed by atoms with Crippen molar-refractivity contribution in [2.45, 2.75) is 39.2 Å². The summed E-state index contributed by atoms with van der Waals surface area (Å²) in [5.41, 5.74) is 2.27. The largest absolute Gasteiger partial charge is 0.303 e. The number of anilines is 1. The molecule has 0 spiro atoms. The maximum atomic E-state index is 12.2. The summed E-state index contributed by atoms with van der Waals surface area (Å²) >= 11 is 0. The Bertz CT molecular complexity index is 582. The van der Waals surface area contributed by atoms with Crippen molar-refractivity contribution in [3.63, 3.8) is 0 Å². The van der Waals surface area contributed by atoms with Crippen LogP contribution in [0.3, 0.4) is 0 Å². The highest BCUT2D eigenvalue weighted by Crippen LogP contribution is 2.31. The van der Waals surface area contributed by atoms with Crippen LogP contribution in [0.15, 0.2) is 18.2 Å². The van der Waals surface area contributed by atoms with Crippen molar-refractivity contribution in [3.8, 4) is 0 Å². The van der Waals surface area contributed by atoms with E-state index in [-0.39, 0.29) is 11.7 Å². The number of Topliss-reactive ketones (excluding diaryl/α,β-unsaturated/α-hetero) is 1. The fourth-order valence-electron chi connectivity index (χ4n) is 3.45. The Morgan fingerprint density at radius 1 is 1.19 bits per heavy atom. The van der Waals surface area contributed by atoms with Crippen LogP contribution in [-0.4, -0.2) is 42.3 Å². The Kier molecular flexibility index (Phi) is 3.81. The number of piperidine rings is 1. The highest BCUT2D eigenvalue weighted by Gasteiger charge is 2.36. The smallest absolute Gasteiger partial charge is 0.299 e. The molecule has 112 valence electrons. The maximum Gasteiger partial charge on any atom is 0.299 e. The second kappa shape index (κ2) is 5.60. The monoisotopic (exact) mass is 286 g/mol. The Balaban J connectivity index is 1.76. The zero-order valence-electron chi connectivity index (χ0n) is 12.8. The fraction of sp³-hybridized carbons (Fsp3) is 0.529. The average molecular weight is 286 g/mol. The van der Waals surface area contributed by atoms with Gasteiger partial charge in [0, 0.05) is 19.1 Å². The normalized spacial score (nSPS) is 22.8. The SMILES string of the molecule is Cc1cccc2c1C(=O)C(=O)N2CCN1CCCCC1C. The second-order valence-electron chi connectivity index (χ2n) is 6.14. The van der Waals surface area contributed by atoms with Crippen molar-refractivity contribution in [3.05, 3.63) is 29.3 Å². The molecular formula is C17H22N2O2. The first-order valence-electron chi connectivity index (χ1n) is 7.79. The van der Waals surface area contributed by atoms with Gasteiger partial charge in [0.25, 0.3) is 11.7 Å². The summed E-state index contributed by atoms with van der Waals surface area (Å²) < 4.78 is 0. The molecule has 1 fully saturated rings. The lowest BCUT2D eigenvalue weighted by Crippen LogP contribution is -2.43. The van der Waals surface area contributed by atoms with E-state index in [9.17, 15) is 9.59 Å². The van der Waals surface area contributed by atoms with Gasteiger partial charge in [-0.3, -0.25) is 14.5 Å². The van der Waals surface area contributed by atoms with Crippen LogP contribution in [0.2, 0.25) is 0 Å². The number of hydrogen-bond acceptors (Lipinski definition) is 3. The summed E-state index contributed by atoms with van der Waals surface area (Å²) in [5, 5.41) is 0. The third kappa shape index (κ3) is 2.48. The molecule has 0 aromatic heterocycles. The van der Waals surface area contributed by atoms with Crippen molar-refractivity contribution in [2.24, 2.45) is 0 Å². The number of nitrogens with zero attached hydrogens (tertiary/aromatic N) is 2. The molecule has 0 aliphatic carbocycles. The van der Waals surface area contributed by atoms with E-state index in [0.29, 0.717) is 18.2 Å². The highest BCUT2D eigenvalue weighted by atomic mass is 16.2. The van der Waals surface area contributed by atoms with Crippen LogP contribution in [-0.2, 0) is 4.79 Å². The van der Waals surface area contributed by atoms with Crippen LogP contribution >= 0.6 is 0 Å². The Labute approximate surface area is 125 Å². The lowest BCUT2D eigenvalue weighted by atomic mass is 10.0. The lowest BCUT2D eigenvalue weighted by Gasteiger charge is -2.34. The molecule has 21 heavy (non-hydrogen) atoms. The molecule has 1 unspecified atom stereocenters. The summed E-state index contributed by atoms with van der Waals surface area (Å²) in [6.45, 7) is 6.67. The number of amides is 1. The Morgan fingerprint density at radius 2 is 2.00 bits per heavy atom. The highest BCUT2D eigenvalue weighted by molar-refractivity contribution is 6.52. The molecule has 1 aromatic rings. The van der Waals surface area contributed by atoms with Gasteiger partial charge in [0.05, 0.1) is 11.3 Å². The summed E-state index contributed by atoms with van der Waals surface area (Å²) in [5.74, 6) is -0.723. The lowest BCUT2D eigenvalue weighted by molar-refractivity contribution is -0.114. The predicted molar refractivity (Wildman–Crippen MR) is 82.7 cm³/mol. The molecule has 0 radical (unpaired) electrons. The molecule has 2 aliphatic heterocycles. The van der Waals surface area contributed by atoms with Gasteiger partial charge in [-0.25, -0.2) is 0 Å². The number of ketones is 1. The van der Waals surface area contributed by atoms with Gasteiger partial charge < -0.3 is 4.90 Å². The van der Waals surface area contributed by atoms with E-state index in [1.54, 1.807) is 4.90 Å². The molecule has 3 rings (SSSR count). The second-order valence-corrected chi connectivity index (χ2v) is 6.14. The van der Waals surface area contributed by atoms with E-state index in [0.717, 1.165) is 24.3 Å². The van der Waals surface area contributed by atoms with Gasteiger partial charge in [-0.15, -0.1) is 0 Å². The summed E-state index contributed by atoms with van der Waals surface area (Å²) in [4.78, 5) is 28.4. The number of likely N-dealkylation sites (tertiary alicyclic amines) is 1.